The maximum atomic E-state index is 10.4. The zero-order valence-corrected chi connectivity index (χ0v) is 13.7. The molecule has 0 aliphatic heterocycles. The summed E-state index contributed by atoms with van der Waals surface area (Å²) in [6.45, 7) is 0. The maximum Gasteiger partial charge on any atom is 0.128 e. The Morgan fingerprint density at radius 3 is 2.08 bits per heavy atom. The molecule has 0 fully saturated rings. The van der Waals surface area contributed by atoms with Crippen molar-refractivity contribution >= 4 is 0 Å². The molecule has 3 aromatic carbocycles. The molecule has 3 N–H and O–H groups in total. The van der Waals surface area contributed by atoms with Gasteiger partial charge < -0.3 is 15.3 Å². The molecule has 1 aromatic heterocycles. The van der Waals surface area contributed by atoms with Crippen molar-refractivity contribution in [2.24, 2.45) is 0 Å². The fourth-order valence-corrected chi connectivity index (χ4v) is 2.95. The van der Waals surface area contributed by atoms with Gasteiger partial charge in [0, 0.05) is 17.2 Å². The molecule has 0 unspecified atom stereocenters. The standard InChI is InChI=1S/C21H16N2O3/c24-16-8-6-14(7-9-16)19-13-22-23(15-4-2-1-3-5-15)21(19)18-11-10-17(25)12-20(18)26/h1-13,24-26H. The van der Waals surface area contributed by atoms with Crippen LogP contribution in [0.15, 0.2) is 79.0 Å². The lowest BCUT2D eigenvalue weighted by atomic mass is 10.0. The summed E-state index contributed by atoms with van der Waals surface area (Å²) in [4.78, 5) is 0. The Morgan fingerprint density at radius 1 is 0.692 bits per heavy atom. The predicted octanol–water partition coefficient (Wildman–Crippen LogP) is 4.32. The Morgan fingerprint density at radius 2 is 1.38 bits per heavy atom. The first-order chi connectivity index (χ1) is 12.6. The zero-order valence-electron chi connectivity index (χ0n) is 13.7. The molecule has 4 aromatic rings. The number of phenols is 3. The molecular formula is C21H16N2O3. The molecule has 0 bridgehead atoms. The van der Waals surface area contributed by atoms with E-state index >= 15 is 0 Å². The number of hydrogen-bond acceptors (Lipinski definition) is 4. The normalized spacial score (nSPS) is 10.8. The van der Waals surface area contributed by atoms with Gasteiger partial charge >= 0.3 is 0 Å². The zero-order chi connectivity index (χ0) is 18.1. The molecule has 0 saturated carbocycles. The lowest BCUT2D eigenvalue weighted by molar-refractivity contribution is 0.451. The number of aromatic hydroxyl groups is 3. The lowest BCUT2D eigenvalue weighted by Crippen LogP contribution is -1.99. The van der Waals surface area contributed by atoms with Gasteiger partial charge in [-0.3, -0.25) is 0 Å². The second-order valence-corrected chi connectivity index (χ2v) is 5.90. The first-order valence-electron chi connectivity index (χ1n) is 8.08. The van der Waals surface area contributed by atoms with Crippen molar-refractivity contribution in [3.05, 3.63) is 79.0 Å². The second kappa shape index (κ2) is 6.29. The molecule has 0 aliphatic carbocycles. The highest BCUT2D eigenvalue weighted by Gasteiger charge is 2.19. The molecule has 0 amide bonds. The number of phenolic OH excluding ortho intramolecular Hbond substituents is 3. The average molecular weight is 344 g/mol. The Balaban J connectivity index is 1.99. The molecule has 5 nitrogen and oxygen atoms in total. The molecule has 4 rings (SSSR count). The summed E-state index contributed by atoms with van der Waals surface area (Å²) in [6, 6.07) is 20.9. The third-order valence-corrected chi connectivity index (χ3v) is 4.18. The molecule has 0 radical (unpaired) electrons. The second-order valence-electron chi connectivity index (χ2n) is 5.90. The molecule has 0 spiro atoms. The van der Waals surface area contributed by atoms with E-state index in [1.54, 1.807) is 41.2 Å². The van der Waals surface area contributed by atoms with Gasteiger partial charge in [0.25, 0.3) is 0 Å². The van der Waals surface area contributed by atoms with Crippen molar-refractivity contribution in [3.8, 4) is 45.3 Å². The molecule has 1 heterocycles. The molecule has 0 saturated heterocycles. The molecular weight excluding hydrogens is 328 g/mol. The summed E-state index contributed by atoms with van der Waals surface area (Å²) in [5.74, 6) is 0.129. The third-order valence-electron chi connectivity index (χ3n) is 4.18. The van der Waals surface area contributed by atoms with E-state index in [0.717, 1.165) is 16.8 Å². The number of nitrogens with zero attached hydrogens (tertiary/aromatic N) is 2. The summed E-state index contributed by atoms with van der Waals surface area (Å²) in [5.41, 5.74) is 3.74. The van der Waals surface area contributed by atoms with E-state index in [0.29, 0.717) is 11.3 Å². The van der Waals surface area contributed by atoms with E-state index in [2.05, 4.69) is 5.10 Å². The smallest absolute Gasteiger partial charge is 0.128 e. The summed E-state index contributed by atoms with van der Waals surface area (Å²) in [5, 5.41) is 34.1. The van der Waals surface area contributed by atoms with Crippen LogP contribution in [0.4, 0.5) is 0 Å². The van der Waals surface area contributed by atoms with Crippen LogP contribution in [0.3, 0.4) is 0 Å². The van der Waals surface area contributed by atoms with Crippen LogP contribution in [0, 0.1) is 0 Å². The largest absolute Gasteiger partial charge is 0.508 e. The molecule has 0 atom stereocenters. The molecule has 128 valence electrons. The van der Waals surface area contributed by atoms with Gasteiger partial charge in [-0.1, -0.05) is 30.3 Å². The quantitative estimate of drug-likeness (QED) is 0.517. The summed E-state index contributed by atoms with van der Waals surface area (Å²) >= 11 is 0. The van der Waals surface area contributed by atoms with Gasteiger partial charge in [-0.2, -0.15) is 5.10 Å². The third kappa shape index (κ3) is 2.75. The summed E-state index contributed by atoms with van der Waals surface area (Å²) in [7, 11) is 0. The van der Waals surface area contributed by atoms with Crippen molar-refractivity contribution in [3.63, 3.8) is 0 Å². The van der Waals surface area contributed by atoms with Gasteiger partial charge in [0.2, 0.25) is 0 Å². The van der Waals surface area contributed by atoms with Gasteiger partial charge in [0.05, 0.1) is 17.6 Å². The highest BCUT2D eigenvalue weighted by Crippen LogP contribution is 2.39. The Kier molecular flexibility index (Phi) is 3.82. The van der Waals surface area contributed by atoms with Crippen molar-refractivity contribution < 1.29 is 15.3 Å². The van der Waals surface area contributed by atoms with Gasteiger partial charge in [-0.05, 0) is 42.0 Å². The van der Waals surface area contributed by atoms with E-state index in [1.165, 1.54) is 12.1 Å². The number of para-hydroxylation sites is 1. The first kappa shape index (κ1) is 15.8. The minimum absolute atomic E-state index is 0.0109. The van der Waals surface area contributed by atoms with Gasteiger partial charge in [-0.15, -0.1) is 0 Å². The van der Waals surface area contributed by atoms with Crippen molar-refractivity contribution in [2.45, 2.75) is 0 Å². The van der Waals surface area contributed by atoms with E-state index in [-0.39, 0.29) is 17.2 Å². The Hall–Kier alpha value is -3.73. The Labute approximate surface area is 150 Å². The summed E-state index contributed by atoms with van der Waals surface area (Å²) in [6.07, 6.45) is 1.72. The van der Waals surface area contributed by atoms with Crippen molar-refractivity contribution in [2.75, 3.05) is 0 Å². The van der Waals surface area contributed by atoms with E-state index < -0.39 is 0 Å². The van der Waals surface area contributed by atoms with Crippen LogP contribution in [-0.2, 0) is 0 Å². The number of hydrogen-bond donors (Lipinski definition) is 3. The van der Waals surface area contributed by atoms with Crippen molar-refractivity contribution in [1.82, 2.24) is 9.78 Å². The van der Waals surface area contributed by atoms with Crippen LogP contribution in [-0.4, -0.2) is 25.1 Å². The molecule has 0 aliphatic rings. The lowest BCUT2D eigenvalue weighted by Gasteiger charge is -2.12. The number of rotatable bonds is 3. The minimum atomic E-state index is -0.0392. The van der Waals surface area contributed by atoms with Gasteiger partial charge in [0.15, 0.2) is 0 Å². The van der Waals surface area contributed by atoms with Gasteiger partial charge in [0.1, 0.15) is 17.2 Å². The van der Waals surface area contributed by atoms with Crippen molar-refractivity contribution in [1.29, 1.82) is 0 Å². The van der Waals surface area contributed by atoms with E-state index in [4.69, 9.17) is 0 Å². The predicted molar refractivity (Wildman–Crippen MR) is 99.4 cm³/mol. The van der Waals surface area contributed by atoms with Crippen LogP contribution in [0.2, 0.25) is 0 Å². The maximum absolute atomic E-state index is 10.4. The van der Waals surface area contributed by atoms with Crippen LogP contribution in [0.5, 0.6) is 17.2 Å². The molecule has 5 heteroatoms. The fraction of sp³-hybridized carbons (Fsp3) is 0. The topological polar surface area (TPSA) is 78.5 Å². The Bertz CT molecular complexity index is 1050. The van der Waals surface area contributed by atoms with Gasteiger partial charge in [-0.25, -0.2) is 4.68 Å². The number of aromatic nitrogens is 2. The van der Waals surface area contributed by atoms with Crippen LogP contribution in [0.25, 0.3) is 28.1 Å². The average Bonchev–Trinajstić information content (AvgIpc) is 3.08. The SMILES string of the molecule is Oc1ccc(-c2cnn(-c3ccccc3)c2-c2ccc(O)cc2O)cc1. The highest BCUT2D eigenvalue weighted by molar-refractivity contribution is 5.85. The van der Waals surface area contributed by atoms with Crippen LogP contribution >= 0.6 is 0 Å². The van der Waals surface area contributed by atoms with E-state index in [9.17, 15) is 15.3 Å². The monoisotopic (exact) mass is 344 g/mol. The van der Waals surface area contributed by atoms with Crippen LogP contribution in [0.1, 0.15) is 0 Å². The van der Waals surface area contributed by atoms with E-state index in [1.807, 2.05) is 30.3 Å². The highest BCUT2D eigenvalue weighted by atomic mass is 16.3. The van der Waals surface area contributed by atoms with Crippen LogP contribution < -0.4 is 0 Å². The summed E-state index contributed by atoms with van der Waals surface area (Å²) < 4.78 is 1.74. The number of benzene rings is 3. The molecule has 26 heavy (non-hydrogen) atoms. The first-order valence-corrected chi connectivity index (χ1v) is 8.08. The fourth-order valence-electron chi connectivity index (χ4n) is 2.95. The minimum Gasteiger partial charge on any atom is -0.508 e.